The average Bonchev–Trinajstić information content (AvgIpc) is 3.09. The van der Waals surface area contributed by atoms with Gasteiger partial charge in [0.25, 0.3) is 0 Å². The molecule has 2 saturated heterocycles. The standard InChI is InChI=1S/C22H30N6O2/c1-16-13-25(9-10-26(16)15-17-3-2-4-17)14-18-5-8-28-19(11-18)20(12-23-28)27-7-6-21(29)24-22(27)30/h5,8,11-12,16-17H,2-4,6-7,9-10,13-15H2,1H3,(H,24,29,30)/t16-/m0/s1. The Hall–Kier alpha value is -2.45. The summed E-state index contributed by atoms with van der Waals surface area (Å²) in [6.45, 7) is 8.20. The number of nitrogens with zero attached hydrogens (tertiary/aromatic N) is 5. The first-order valence-corrected chi connectivity index (χ1v) is 11.1. The summed E-state index contributed by atoms with van der Waals surface area (Å²) in [4.78, 5) is 30.5. The van der Waals surface area contributed by atoms with E-state index in [1.54, 1.807) is 15.6 Å². The molecule has 3 fully saturated rings. The largest absolute Gasteiger partial charge is 0.328 e. The van der Waals surface area contributed by atoms with Gasteiger partial charge in [-0.05, 0) is 43.4 Å². The number of rotatable bonds is 5. The van der Waals surface area contributed by atoms with E-state index in [2.05, 4.69) is 39.3 Å². The van der Waals surface area contributed by atoms with Crippen LogP contribution in [0.5, 0.6) is 0 Å². The molecule has 3 amide bonds. The zero-order valence-electron chi connectivity index (χ0n) is 17.6. The van der Waals surface area contributed by atoms with Crippen molar-refractivity contribution in [3.05, 3.63) is 30.1 Å². The molecule has 2 aromatic rings. The van der Waals surface area contributed by atoms with Gasteiger partial charge < -0.3 is 0 Å². The molecule has 1 aliphatic carbocycles. The monoisotopic (exact) mass is 410 g/mol. The number of imide groups is 1. The molecule has 0 unspecified atom stereocenters. The van der Waals surface area contributed by atoms with E-state index in [0.717, 1.165) is 43.3 Å². The van der Waals surface area contributed by atoms with Gasteiger partial charge in [0.15, 0.2) is 0 Å². The number of anilines is 1. The number of amides is 3. The SMILES string of the molecule is C[C@H]1CN(Cc2ccn3ncc(N4CCC(=O)NC4=O)c3c2)CCN1CC1CCC1. The summed E-state index contributed by atoms with van der Waals surface area (Å²) in [5.41, 5.74) is 2.87. The van der Waals surface area contributed by atoms with Crippen molar-refractivity contribution < 1.29 is 9.59 Å². The van der Waals surface area contributed by atoms with Crippen molar-refractivity contribution in [2.45, 2.75) is 45.2 Å². The third kappa shape index (κ3) is 3.81. The first-order chi connectivity index (χ1) is 14.6. The molecule has 0 spiro atoms. The van der Waals surface area contributed by atoms with Crippen molar-refractivity contribution in [3.63, 3.8) is 0 Å². The maximum Gasteiger partial charge on any atom is 0.328 e. The fraction of sp³-hybridized carbons (Fsp3) is 0.591. The molecule has 8 nitrogen and oxygen atoms in total. The smallest absolute Gasteiger partial charge is 0.298 e. The molecule has 4 heterocycles. The normalized spacial score (nSPS) is 24.3. The number of carbonyl (C=O) groups excluding carboxylic acids is 2. The lowest BCUT2D eigenvalue weighted by Crippen LogP contribution is -2.53. The van der Waals surface area contributed by atoms with Gasteiger partial charge in [-0.2, -0.15) is 5.10 Å². The summed E-state index contributed by atoms with van der Waals surface area (Å²) in [6.07, 6.45) is 8.19. The van der Waals surface area contributed by atoms with Crippen LogP contribution in [0.1, 0.15) is 38.2 Å². The van der Waals surface area contributed by atoms with Gasteiger partial charge in [-0.15, -0.1) is 0 Å². The molecule has 8 heteroatoms. The van der Waals surface area contributed by atoms with E-state index in [-0.39, 0.29) is 11.9 Å². The van der Waals surface area contributed by atoms with Crippen LogP contribution in [0.15, 0.2) is 24.5 Å². The zero-order valence-corrected chi connectivity index (χ0v) is 17.6. The van der Waals surface area contributed by atoms with Crippen LogP contribution in [0.25, 0.3) is 5.52 Å². The lowest BCUT2D eigenvalue weighted by molar-refractivity contribution is -0.120. The van der Waals surface area contributed by atoms with E-state index in [0.29, 0.717) is 19.0 Å². The van der Waals surface area contributed by atoms with Crippen LogP contribution in [-0.2, 0) is 11.3 Å². The highest BCUT2D eigenvalue weighted by molar-refractivity contribution is 6.07. The van der Waals surface area contributed by atoms with Crippen LogP contribution in [0.4, 0.5) is 10.5 Å². The van der Waals surface area contributed by atoms with Crippen LogP contribution >= 0.6 is 0 Å². The number of piperazine rings is 1. The second-order valence-corrected chi connectivity index (χ2v) is 9.03. The molecule has 2 aromatic heterocycles. The maximum atomic E-state index is 12.3. The number of hydrogen-bond acceptors (Lipinski definition) is 5. The van der Waals surface area contributed by atoms with Crippen molar-refractivity contribution in [2.24, 2.45) is 5.92 Å². The fourth-order valence-corrected chi connectivity index (χ4v) is 4.86. The highest BCUT2D eigenvalue weighted by Gasteiger charge is 2.29. The number of hydrogen-bond donors (Lipinski definition) is 1. The van der Waals surface area contributed by atoms with Gasteiger partial charge >= 0.3 is 6.03 Å². The zero-order chi connectivity index (χ0) is 20.7. The molecule has 0 radical (unpaired) electrons. The Morgan fingerprint density at radius 2 is 2.07 bits per heavy atom. The molecule has 2 aliphatic heterocycles. The molecule has 160 valence electrons. The highest BCUT2D eigenvalue weighted by Crippen LogP contribution is 2.29. The van der Waals surface area contributed by atoms with Crippen LogP contribution in [-0.4, -0.2) is 70.1 Å². The number of aromatic nitrogens is 2. The summed E-state index contributed by atoms with van der Waals surface area (Å²) in [5, 5.41) is 6.78. The van der Waals surface area contributed by atoms with Gasteiger partial charge in [0, 0.05) is 57.9 Å². The number of pyridine rings is 1. The van der Waals surface area contributed by atoms with Gasteiger partial charge in [0.1, 0.15) is 0 Å². The first-order valence-electron chi connectivity index (χ1n) is 11.1. The van der Waals surface area contributed by atoms with Crippen molar-refractivity contribution >= 4 is 23.1 Å². The minimum absolute atomic E-state index is 0.223. The number of fused-ring (bicyclic) bond motifs is 1. The average molecular weight is 411 g/mol. The number of carbonyl (C=O) groups is 2. The third-order valence-corrected chi connectivity index (χ3v) is 6.88. The Balaban J connectivity index is 1.27. The van der Waals surface area contributed by atoms with E-state index in [1.807, 2.05) is 6.20 Å². The molecule has 1 saturated carbocycles. The third-order valence-electron chi connectivity index (χ3n) is 6.88. The van der Waals surface area contributed by atoms with Gasteiger partial charge in [0.05, 0.1) is 17.4 Å². The summed E-state index contributed by atoms with van der Waals surface area (Å²) in [5.74, 6) is 0.697. The second-order valence-electron chi connectivity index (χ2n) is 9.03. The number of nitrogens with one attached hydrogen (secondary N) is 1. The lowest BCUT2D eigenvalue weighted by atomic mass is 9.84. The van der Waals surface area contributed by atoms with Crippen molar-refractivity contribution in [1.82, 2.24) is 24.7 Å². The summed E-state index contributed by atoms with van der Waals surface area (Å²) >= 11 is 0. The van der Waals surface area contributed by atoms with Crippen molar-refractivity contribution in [3.8, 4) is 0 Å². The van der Waals surface area contributed by atoms with Gasteiger partial charge in [-0.1, -0.05) is 6.42 Å². The van der Waals surface area contributed by atoms with Crippen molar-refractivity contribution in [1.29, 1.82) is 0 Å². The quantitative estimate of drug-likeness (QED) is 0.817. The minimum atomic E-state index is -0.372. The van der Waals surface area contributed by atoms with Gasteiger partial charge in [0.2, 0.25) is 5.91 Å². The topological polar surface area (TPSA) is 73.2 Å². The minimum Gasteiger partial charge on any atom is -0.298 e. The highest BCUT2D eigenvalue weighted by atomic mass is 16.2. The Morgan fingerprint density at radius 3 is 2.80 bits per heavy atom. The molecule has 1 atom stereocenters. The van der Waals surface area contributed by atoms with E-state index in [9.17, 15) is 9.59 Å². The summed E-state index contributed by atoms with van der Waals surface area (Å²) < 4.78 is 1.79. The van der Waals surface area contributed by atoms with Gasteiger partial charge in [-0.25, -0.2) is 9.31 Å². The Labute approximate surface area is 176 Å². The molecule has 0 bridgehead atoms. The predicted molar refractivity (Wildman–Crippen MR) is 114 cm³/mol. The Bertz CT molecular complexity index is 952. The summed E-state index contributed by atoms with van der Waals surface area (Å²) in [7, 11) is 0. The van der Waals surface area contributed by atoms with E-state index >= 15 is 0 Å². The molecule has 30 heavy (non-hydrogen) atoms. The van der Waals surface area contributed by atoms with Gasteiger partial charge in [-0.3, -0.25) is 24.8 Å². The first kappa shape index (κ1) is 19.5. The van der Waals surface area contributed by atoms with Crippen LogP contribution in [0.3, 0.4) is 0 Å². The number of urea groups is 1. The van der Waals surface area contributed by atoms with E-state index in [1.165, 1.54) is 31.4 Å². The van der Waals surface area contributed by atoms with Crippen LogP contribution < -0.4 is 10.2 Å². The van der Waals surface area contributed by atoms with Crippen LogP contribution in [0, 0.1) is 5.92 Å². The molecular weight excluding hydrogens is 380 g/mol. The second kappa shape index (κ2) is 8.00. The van der Waals surface area contributed by atoms with E-state index in [4.69, 9.17) is 0 Å². The molecular formula is C22H30N6O2. The predicted octanol–water partition coefficient (Wildman–Crippen LogP) is 2.09. The molecule has 3 aliphatic rings. The Kier molecular flexibility index (Phi) is 5.20. The van der Waals surface area contributed by atoms with Crippen molar-refractivity contribution in [2.75, 3.05) is 37.6 Å². The van der Waals surface area contributed by atoms with E-state index < -0.39 is 0 Å². The summed E-state index contributed by atoms with van der Waals surface area (Å²) in [6, 6.07) is 4.44. The Morgan fingerprint density at radius 1 is 1.20 bits per heavy atom. The lowest BCUT2D eigenvalue weighted by Gasteiger charge is -2.42. The fourth-order valence-electron chi connectivity index (χ4n) is 4.86. The maximum absolute atomic E-state index is 12.3. The van der Waals surface area contributed by atoms with Crippen LogP contribution in [0.2, 0.25) is 0 Å². The molecule has 5 rings (SSSR count). The molecule has 1 N–H and O–H groups in total. The molecule has 0 aromatic carbocycles.